The smallest absolute Gasteiger partial charge is 0.258 e. The molecule has 0 spiro atoms. The van der Waals surface area contributed by atoms with E-state index < -0.39 is 50.2 Å². The van der Waals surface area contributed by atoms with E-state index in [2.05, 4.69) is 5.32 Å². The van der Waals surface area contributed by atoms with E-state index in [-0.39, 0.29) is 74.4 Å². The summed E-state index contributed by atoms with van der Waals surface area (Å²) in [6.07, 6.45) is -1.70. The first kappa shape index (κ1) is 64.3. The molecule has 1 amide bonds. The molecule has 7 aromatic rings. The molecule has 458 valence electrons. The Bertz CT molecular complexity index is 3520. The molecule has 86 heavy (non-hydrogen) atoms. The second-order valence-corrected chi connectivity index (χ2v) is 26.1. The van der Waals surface area contributed by atoms with E-state index in [1.54, 1.807) is 12.1 Å². The molecule has 0 bridgehead atoms. The van der Waals surface area contributed by atoms with Gasteiger partial charge in [-0.25, -0.2) is 16.8 Å². The van der Waals surface area contributed by atoms with Gasteiger partial charge in [0.2, 0.25) is 33.6 Å². The molecule has 20 heteroatoms. The van der Waals surface area contributed by atoms with Gasteiger partial charge < -0.3 is 54.4 Å². The van der Waals surface area contributed by atoms with Crippen molar-refractivity contribution in [2.24, 2.45) is 17.6 Å². The highest BCUT2D eigenvalue weighted by molar-refractivity contribution is 7.89. The maximum atomic E-state index is 13.9. The summed E-state index contributed by atoms with van der Waals surface area (Å²) >= 11 is 0. The molecule has 2 heterocycles. The first-order valence-corrected chi connectivity index (χ1v) is 31.5. The van der Waals surface area contributed by atoms with E-state index in [0.29, 0.717) is 54.1 Å². The Labute approximate surface area is 505 Å². The molecule has 5 N–H and O–H groups in total. The van der Waals surface area contributed by atoms with Gasteiger partial charge in [-0.2, -0.15) is 8.61 Å². The number of rotatable bonds is 28. The number of fused-ring (bicyclic) bond motifs is 2. The number of ether oxygens (including phenoxy) is 7. The zero-order valence-corrected chi connectivity index (χ0v) is 51.0. The molecule has 2 aliphatic rings. The first-order chi connectivity index (χ1) is 41.2. The van der Waals surface area contributed by atoms with Gasteiger partial charge in [0.25, 0.3) is 5.91 Å². The molecular weight excluding hydrogens is 1140 g/mol. The summed E-state index contributed by atoms with van der Waals surface area (Å²) in [6.45, 7) is 12.2. The molecule has 7 aromatic carbocycles. The number of carbonyl (C=O) groups is 1. The van der Waals surface area contributed by atoms with Crippen molar-refractivity contribution in [3.8, 4) is 40.2 Å². The van der Waals surface area contributed by atoms with Crippen molar-refractivity contribution in [1.82, 2.24) is 13.9 Å². The summed E-state index contributed by atoms with van der Waals surface area (Å²) < 4.78 is 96.3. The van der Waals surface area contributed by atoms with Gasteiger partial charge >= 0.3 is 0 Å². The number of sulfonamides is 2. The second kappa shape index (κ2) is 30.1. The highest BCUT2D eigenvalue weighted by Gasteiger charge is 2.34. The summed E-state index contributed by atoms with van der Waals surface area (Å²) in [5.41, 5.74) is 12.0. The summed E-state index contributed by atoms with van der Waals surface area (Å²) in [5, 5.41) is 25.5. The minimum atomic E-state index is -4.05. The number of nitrogens with two attached hydrogens (primary N) is 1. The van der Waals surface area contributed by atoms with E-state index in [1.165, 1.54) is 32.9 Å². The lowest BCUT2D eigenvalue weighted by atomic mass is 10.0. The van der Waals surface area contributed by atoms with Crippen LogP contribution >= 0.6 is 0 Å². The number of nitrogens with one attached hydrogen (secondary N) is 1. The molecule has 0 radical (unpaired) electrons. The largest absolute Gasteiger partial charge is 0.489 e. The minimum absolute atomic E-state index is 0.0158. The molecule has 18 nitrogen and oxygen atoms in total. The predicted octanol–water partition coefficient (Wildman–Crippen LogP) is 9.00. The van der Waals surface area contributed by atoms with Gasteiger partial charge in [0.15, 0.2) is 29.6 Å². The maximum Gasteiger partial charge on any atom is 0.258 e. The Hall–Kier alpha value is -7.69. The summed E-state index contributed by atoms with van der Waals surface area (Å²) in [6, 6.07) is 47.9. The van der Waals surface area contributed by atoms with Gasteiger partial charge in [-0.1, -0.05) is 131 Å². The Morgan fingerprint density at radius 1 is 0.523 bits per heavy atom. The van der Waals surface area contributed by atoms with Crippen LogP contribution < -0.4 is 44.2 Å². The van der Waals surface area contributed by atoms with Crippen molar-refractivity contribution in [3.63, 3.8) is 0 Å². The number of nitrogens with zero attached hydrogens (tertiary/aromatic N) is 2. The van der Waals surface area contributed by atoms with E-state index >= 15 is 0 Å². The summed E-state index contributed by atoms with van der Waals surface area (Å²) in [4.78, 5) is 13.4. The van der Waals surface area contributed by atoms with E-state index in [1.807, 2.05) is 169 Å². The van der Waals surface area contributed by atoms with Crippen LogP contribution in [0.3, 0.4) is 0 Å². The third-order valence-corrected chi connectivity index (χ3v) is 17.9. The topological polar surface area (TPSA) is 235 Å². The Morgan fingerprint density at radius 3 is 1.41 bits per heavy atom. The fourth-order valence-corrected chi connectivity index (χ4v) is 13.0. The standard InChI is InChI=1S/C38H44N2O8S.C28H34N2O6S/c1-26(2)21-40(49(43,44)32-17-18-35-36(20-32)48-25-47-35)22-34(41)33(39-37(42)24-46-38-27(3)9-8-10-28(38)4)19-29-13-15-31(16-14-29)45-23-30-11-6-5-7-12-30;1-20(2)16-30(37(32,33)24-12-13-27-28(15-24)36-19-35-27)17-26(31)25(29)14-21-8-10-23(11-9-21)34-18-22-6-4-3-5-7-22/h5-18,20,26,33-34,41H,19,21-25H2,1-4H3,(H,39,42);3-13,15,20,25-26,31H,14,16-19,29H2,1-2H3/t33-,34+;25-,26+/m00/s1. The van der Waals surface area contributed by atoms with Crippen molar-refractivity contribution in [1.29, 1.82) is 0 Å². The van der Waals surface area contributed by atoms with Crippen molar-refractivity contribution >= 4 is 26.0 Å². The lowest BCUT2D eigenvalue weighted by molar-refractivity contribution is -0.124. The van der Waals surface area contributed by atoms with E-state index in [4.69, 9.17) is 38.9 Å². The predicted molar refractivity (Wildman–Crippen MR) is 327 cm³/mol. The van der Waals surface area contributed by atoms with Crippen LogP contribution in [-0.4, -0.2) is 112 Å². The molecular formula is C66H78N4O14S2. The van der Waals surface area contributed by atoms with Gasteiger partial charge in [0, 0.05) is 44.4 Å². The third kappa shape index (κ3) is 17.9. The van der Waals surface area contributed by atoms with Crippen molar-refractivity contribution in [2.45, 2.75) is 102 Å². The molecule has 0 aliphatic carbocycles. The van der Waals surface area contributed by atoms with E-state index in [9.17, 15) is 31.8 Å². The molecule has 0 saturated carbocycles. The highest BCUT2D eigenvalue weighted by atomic mass is 32.2. The fourth-order valence-electron chi connectivity index (χ4n) is 9.69. The third-order valence-electron chi connectivity index (χ3n) is 14.2. The zero-order chi connectivity index (χ0) is 61.4. The van der Waals surface area contributed by atoms with Crippen molar-refractivity contribution in [3.05, 3.63) is 197 Å². The Morgan fingerprint density at radius 2 is 0.953 bits per heavy atom. The molecule has 0 saturated heterocycles. The molecule has 9 rings (SSSR count). The molecule has 0 fully saturated rings. The summed E-state index contributed by atoms with van der Waals surface area (Å²) in [7, 11) is -7.94. The summed E-state index contributed by atoms with van der Waals surface area (Å²) in [5.74, 6) is 3.31. The SMILES string of the molecule is CC(C)CN(C[C@@H](O)[C@@H](N)Cc1ccc(OCc2ccccc2)cc1)S(=O)(=O)c1ccc2c(c1)OCO2.Cc1cccc(C)c1OCC(=O)N[C@@H](Cc1ccc(OCc2ccccc2)cc1)[C@H](O)CN(CC(C)C)S(=O)(=O)c1ccc2c(c1)OCO2. The maximum absolute atomic E-state index is 13.9. The lowest BCUT2D eigenvalue weighted by Gasteiger charge is -2.31. The number of carbonyl (C=O) groups excluding carboxylic acids is 1. The number of aliphatic hydroxyl groups is 2. The number of hydrogen-bond acceptors (Lipinski definition) is 15. The van der Waals surface area contributed by atoms with Gasteiger partial charge in [0.1, 0.15) is 30.5 Å². The van der Waals surface area contributed by atoms with Gasteiger partial charge in [0.05, 0.1) is 28.0 Å². The second-order valence-electron chi connectivity index (χ2n) is 22.2. The monoisotopic (exact) mass is 1210 g/mol. The normalized spacial score (nSPS) is 14.1. The van der Waals surface area contributed by atoms with Gasteiger partial charge in [-0.15, -0.1) is 0 Å². The number of para-hydroxylation sites is 1. The van der Waals surface area contributed by atoms with Crippen LogP contribution in [0.1, 0.15) is 61.1 Å². The van der Waals surface area contributed by atoms with Crippen LogP contribution in [0.25, 0.3) is 0 Å². The molecule has 0 aromatic heterocycles. The van der Waals surface area contributed by atoms with E-state index in [0.717, 1.165) is 39.1 Å². The average molecular weight is 1220 g/mol. The fraction of sp³-hybridized carbons (Fsp3) is 0.348. The lowest BCUT2D eigenvalue weighted by Crippen LogP contribution is -2.52. The number of hydrogen-bond donors (Lipinski definition) is 4. The van der Waals surface area contributed by atoms with Crippen LogP contribution in [0, 0.1) is 25.7 Å². The number of aryl methyl sites for hydroxylation is 2. The number of amides is 1. The zero-order valence-electron chi connectivity index (χ0n) is 49.4. The number of benzene rings is 7. The molecule has 4 atom stereocenters. The molecule has 2 aliphatic heterocycles. The average Bonchev–Trinajstić information content (AvgIpc) is 4.01. The van der Waals surface area contributed by atoms with Crippen LogP contribution in [0.4, 0.5) is 0 Å². The van der Waals surface area contributed by atoms with Crippen molar-refractivity contribution < 1.29 is 65.0 Å². The Balaban J connectivity index is 0.000000232. The van der Waals surface area contributed by atoms with Crippen LogP contribution in [0.5, 0.6) is 40.2 Å². The number of aliphatic hydroxyl groups excluding tert-OH is 2. The first-order valence-electron chi connectivity index (χ1n) is 28.6. The van der Waals surface area contributed by atoms with Gasteiger partial charge in [-0.05, 0) is 120 Å². The van der Waals surface area contributed by atoms with Crippen LogP contribution in [0.15, 0.2) is 174 Å². The van der Waals surface area contributed by atoms with Crippen LogP contribution in [-0.2, 0) is 50.9 Å². The van der Waals surface area contributed by atoms with Crippen molar-refractivity contribution in [2.75, 3.05) is 46.4 Å². The molecule has 0 unspecified atom stereocenters. The van der Waals surface area contributed by atoms with Crippen LogP contribution in [0.2, 0.25) is 0 Å². The quantitative estimate of drug-likeness (QED) is 0.0358. The van der Waals surface area contributed by atoms with Gasteiger partial charge in [-0.3, -0.25) is 4.79 Å². The Kier molecular flexibility index (Phi) is 22.5. The highest BCUT2D eigenvalue weighted by Crippen LogP contribution is 2.36. The minimum Gasteiger partial charge on any atom is -0.489 e.